The molecule has 1 heterocycles. The van der Waals surface area contributed by atoms with Crippen molar-refractivity contribution in [1.29, 1.82) is 0 Å². The van der Waals surface area contributed by atoms with Crippen molar-refractivity contribution < 1.29 is 0 Å². The van der Waals surface area contributed by atoms with Crippen LogP contribution in [0.5, 0.6) is 0 Å². The van der Waals surface area contributed by atoms with Crippen LogP contribution in [0.3, 0.4) is 0 Å². The van der Waals surface area contributed by atoms with Gasteiger partial charge in [0.05, 0.1) is 17.8 Å². The van der Waals surface area contributed by atoms with Gasteiger partial charge in [-0.05, 0) is 172 Å². The van der Waals surface area contributed by atoms with Crippen LogP contribution < -0.4 is 4.90 Å². The molecule has 0 bridgehead atoms. The predicted octanol–water partition coefficient (Wildman–Crippen LogP) is 17.2. The first-order chi connectivity index (χ1) is 30.3. The molecule has 0 aromatic heterocycles. The zero-order valence-corrected chi connectivity index (χ0v) is 38.9. The van der Waals surface area contributed by atoms with Crippen molar-refractivity contribution in [3.05, 3.63) is 218 Å². The van der Waals surface area contributed by atoms with Crippen molar-refractivity contribution in [2.75, 3.05) is 4.90 Å². The van der Waals surface area contributed by atoms with Gasteiger partial charge in [-0.25, -0.2) is 0 Å². The average Bonchev–Trinajstić information content (AvgIpc) is 3.67. The molecule has 8 aromatic carbocycles. The van der Waals surface area contributed by atoms with Crippen molar-refractivity contribution in [3.8, 4) is 55.6 Å². The van der Waals surface area contributed by atoms with Gasteiger partial charge in [0, 0.05) is 11.1 Å². The molecule has 1 heteroatoms. The largest absolute Gasteiger partial charge is 0.356 e. The Bertz CT molecular complexity index is 2720. The molecule has 314 valence electrons. The highest BCUT2D eigenvalue weighted by molar-refractivity contribution is 6.03. The van der Waals surface area contributed by atoms with Crippen LogP contribution in [0.15, 0.2) is 152 Å². The van der Waals surface area contributed by atoms with E-state index in [0.29, 0.717) is 0 Å². The Morgan fingerprint density at radius 3 is 1.03 bits per heavy atom. The molecule has 1 saturated heterocycles. The molecule has 9 rings (SSSR count). The zero-order chi connectivity index (χ0) is 44.1. The molecule has 0 amide bonds. The number of hydrogen-bond donors (Lipinski definition) is 0. The first-order valence-corrected chi connectivity index (χ1v) is 22.9. The SMILES string of the molecule is Cc1cc(C)cc(-c2cccc(-c3cc(C)cc(C)c3)c2-c2cc(-c3c(C)cc(C)cc3C)c(N3C(c4ccccc4)CCC3c3ccccc3)c(-c3c(C)cc(C)cc3C)c2)c1. The molecule has 1 aliphatic heterocycles. The van der Waals surface area contributed by atoms with Crippen molar-refractivity contribution in [3.63, 3.8) is 0 Å². The van der Waals surface area contributed by atoms with E-state index in [1.807, 2.05) is 0 Å². The second-order valence-corrected chi connectivity index (χ2v) is 18.8. The Labute approximate surface area is 377 Å². The van der Waals surface area contributed by atoms with E-state index in [1.165, 1.54) is 128 Å². The molecule has 0 aliphatic carbocycles. The van der Waals surface area contributed by atoms with Crippen molar-refractivity contribution in [2.24, 2.45) is 0 Å². The minimum absolute atomic E-state index is 0.185. The Kier molecular flexibility index (Phi) is 11.3. The molecular formula is C62H61N. The maximum atomic E-state index is 2.84. The summed E-state index contributed by atoms with van der Waals surface area (Å²) in [6.07, 6.45) is 2.13. The van der Waals surface area contributed by atoms with E-state index < -0.39 is 0 Å². The van der Waals surface area contributed by atoms with E-state index >= 15 is 0 Å². The van der Waals surface area contributed by atoms with E-state index in [4.69, 9.17) is 0 Å². The van der Waals surface area contributed by atoms with Gasteiger partial charge in [0.25, 0.3) is 0 Å². The van der Waals surface area contributed by atoms with Crippen LogP contribution >= 0.6 is 0 Å². The molecule has 0 N–H and O–H groups in total. The second-order valence-electron chi connectivity index (χ2n) is 18.8. The number of hydrogen-bond acceptors (Lipinski definition) is 1. The van der Waals surface area contributed by atoms with Crippen LogP contribution in [0, 0.1) is 69.2 Å². The van der Waals surface area contributed by atoms with Crippen LogP contribution in [0.1, 0.15) is 91.7 Å². The normalized spacial score (nSPS) is 15.0. The van der Waals surface area contributed by atoms with E-state index in [9.17, 15) is 0 Å². The van der Waals surface area contributed by atoms with E-state index in [-0.39, 0.29) is 12.1 Å². The molecule has 1 nitrogen and oxygen atoms in total. The molecule has 2 atom stereocenters. The van der Waals surface area contributed by atoms with E-state index in [0.717, 1.165) is 12.8 Å². The molecule has 0 saturated carbocycles. The minimum Gasteiger partial charge on any atom is -0.356 e. The number of anilines is 1. The van der Waals surface area contributed by atoms with Crippen LogP contribution in [0.2, 0.25) is 0 Å². The summed E-state index contributed by atoms with van der Waals surface area (Å²) in [6.45, 7) is 22.7. The van der Waals surface area contributed by atoms with Gasteiger partial charge in [-0.15, -0.1) is 0 Å². The van der Waals surface area contributed by atoms with Crippen LogP contribution in [-0.2, 0) is 0 Å². The summed E-state index contributed by atoms with van der Waals surface area (Å²) in [5.41, 5.74) is 29.7. The lowest BCUT2D eigenvalue weighted by molar-refractivity contribution is 0.676. The number of benzene rings is 8. The van der Waals surface area contributed by atoms with Crippen molar-refractivity contribution >= 4 is 5.69 Å². The highest BCUT2D eigenvalue weighted by Crippen LogP contribution is 2.56. The summed E-state index contributed by atoms with van der Waals surface area (Å²) >= 11 is 0. The molecule has 1 aliphatic rings. The zero-order valence-electron chi connectivity index (χ0n) is 38.9. The lowest BCUT2D eigenvalue weighted by atomic mass is 9.80. The van der Waals surface area contributed by atoms with E-state index in [1.54, 1.807) is 0 Å². The summed E-state index contributed by atoms with van der Waals surface area (Å²) in [5, 5.41) is 0. The van der Waals surface area contributed by atoms with Gasteiger partial charge in [-0.3, -0.25) is 0 Å². The first-order valence-electron chi connectivity index (χ1n) is 22.9. The smallest absolute Gasteiger partial charge is 0.0550 e. The van der Waals surface area contributed by atoms with Gasteiger partial charge in [0.2, 0.25) is 0 Å². The standard InChI is InChI=1S/C62H61N/c1-38-26-39(2)33-50(32-38)53-22-17-23-54(51-34-40(3)27-41(4)35-51)61(53)52-36-55(59-44(7)28-42(5)29-45(59)8)62(56(37-52)60-46(9)30-43(6)31-47(60)10)63-57(48-18-13-11-14-19-48)24-25-58(63)49-20-15-12-16-21-49/h11-23,26-37,57-58H,24-25H2,1-10H3. The lowest BCUT2D eigenvalue weighted by Crippen LogP contribution is -2.27. The fourth-order valence-corrected chi connectivity index (χ4v) is 11.4. The fourth-order valence-electron chi connectivity index (χ4n) is 11.4. The maximum Gasteiger partial charge on any atom is 0.0550 e. The number of aryl methyl sites for hydroxylation is 10. The van der Waals surface area contributed by atoms with Crippen LogP contribution in [0.4, 0.5) is 5.69 Å². The van der Waals surface area contributed by atoms with Gasteiger partial charge in [0.1, 0.15) is 0 Å². The van der Waals surface area contributed by atoms with Crippen LogP contribution in [0.25, 0.3) is 55.6 Å². The first kappa shape index (κ1) is 41.9. The molecule has 2 unspecified atom stereocenters. The average molecular weight is 820 g/mol. The van der Waals surface area contributed by atoms with Gasteiger partial charge >= 0.3 is 0 Å². The molecule has 1 fully saturated rings. The van der Waals surface area contributed by atoms with Gasteiger partial charge in [-0.1, -0.05) is 173 Å². The highest BCUT2D eigenvalue weighted by Gasteiger charge is 2.39. The monoisotopic (exact) mass is 819 g/mol. The third kappa shape index (κ3) is 8.07. The van der Waals surface area contributed by atoms with Crippen molar-refractivity contribution in [1.82, 2.24) is 0 Å². The Morgan fingerprint density at radius 1 is 0.317 bits per heavy atom. The quantitative estimate of drug-likeness (QED) is 0.148. The molecule has 0 spiro atoms. The van der Waals surface area contributed by atoms with Crippen molar-refractivity contribution in [2.45, 2.75) is 94.2 Å². The molecule has 63 heavy (non-hydrogen) atoms. The van der Waals surface area contributed by atoms with E-state index in [2.05, 4.69) is 226 Å². The van der Waals surface area contributed by atoms with Gasteiger partial charge in [-0.2, -0.15) is 0 Å². The number of rotatable bonds is 8. The second kappa shape index (κ2) is 17.0. The lowest BCUT2D eigenvalue weighted by Gasteiger charge is -2.38. The third-order valence-electron chi connectivity index (χ3n) is 13.4. The fraction of sp³-hybridized carbons (Fsp3) is 0.226. The summed E-state index contributed by atoms with van der Waals surface area (Å²) < 4.78 is 0. The maximum absolute atomic E-state index is 2.84. The van der Waals surface area contributed by atoms with Gasteiger partial charge < -0.3 is 4.90 Å². The summed E-state index contributed by atoms with van der Waals surface area (Å²) in [6, 6.07) is 58.7. The topological polar surface area (TPSA) is 3.24 Å². The summed E-state index contributed by atoms with van der Waals surface area (Å²) in [4.78, 5) is 2.84. The number of nitrogens with zero attached hydrogens (tertiary/aromatic N) is 1. The Balaban J connectivity index is 1.49. The highest BCUT2D eigenvalue weighted by atomic mass is 15.2. The van der Waals surface area contributed by atoms with Crippen LogP contribution in [-0.4, -0.2) is 0 Å². The summed E-state index contributed by atoms with van der Waals surface area (Å²) in [5.74, 6) is 0. The molecule has 0 radical (unpaired) electrons. The molecular weight excluding hydrogens is 759 g/mol. The Hall–Kier alpha value is -6.44. The predicted molar refractivity (Wildman–Crippen MR) is 271 cm³/mol. The minimum atomic E-state index is 0.185. The third-order valence-corrected chi connectivity index (χ3v) is 13.4. The summed E-state index contributed by atoms with van der Waals surface area (Å²) in [7, 11) is 0. The molecule has 8 aromatic rings. The Morgan fingerprint density at radius 2 is 0.667 bits per heavy atom. The van der Waals surface area contributed by atoms with Gasteiger partial charge in [0.15, 0.2) is 0 Å².